The van der Waals surface area contributed by atoms with E-state index in [0.717, 1.165) is 16.8 Å². The fraction of sp³-hybridized carbons (Fsp3) is 0.471. The summed E-state index contributed by atoms with van der Waals surface area (Å²) in [5.41, 5.74) is 1.19. The van der Waals surface area contributed by atoms with E-state index in [-0.39, 0.29) is 5.41 Å². The number of thiazole rings is 1. The molecule has 2 rings (SSSR count). The van der Waals surface area contributed by atoms with Gasteiger partial charge in [0, 0.05) is 17.3 Å². The summed E-state index contributed by atoms with van der Waals surface area (Å²) >= 11 is 1.61. The molecule has 0 saturated carbocycles. The number of nitrogens with zero attached hydrogens (tertiary/aromatic N) is 1. The molecule has 1 aromatic carbocycles. The third-order valence-electron chi connectivity index (χ3n) is 3.44. The topological polar surface area (TPSA) is 24.9 Å². The van der Waals surface area contributed by atoms with E-state index in [1.807, 2.05) is 0 Å². The molecule has 23 heavy (non-hydrogen) atoms. The second-order valence-electron chi connectivity index (χ2n) is 6.50. The van der Waals surface area contributed by atoms with Crippen molar-refractivity contribution in [2.45, 2.75) is 45.3 Å². The van der Waals surface area contributed by atoms with Gasteiger partial charge in [-0.1, -0.05) is 39.0 Å². The van der Waals surface area contributed by atoms with Crippen LogP contribution >= 0.6 is 11.3 Å². The van der Waals surface area contributed by atoms with Gasteiger partial charge in [0.15, 0.2) is 0 Å². The van der Waals surface area contributed by atoms with Gasteiger partial charge in [0.2, 0.25) is 0 Å². The lowest BCUT2D eigenvalue weighted by Gasteiger charge is -2.14. The highest BCUT2D eigenvalue weighted by molar-refractivity contribution is 7.09. The van der Waals surface area contributed by atoms with Crippen LogP contribution in [0, 0.1) is 0 Å². The number of alkyl halides is 3. The Balaban J connectivity index is 1.83. The van der Waals surface area contributed by atoms with Crippen molar-refractivity contribution >= 4 is 11.3 Å². The molecule has 0 atom stereocenters. The maximum Gasteiger partial charge on any atom is 0.416 e. The molecule has 2 aromatic rings. The Bertz CT molecular complexity index is 642. The number of aromatic nitrogens is 1. The SMILES string of the molecule is CC(C)(C)c1csc(CNCCc2cccc(C(F)(F)F)c2)n1. The molecular formula is C17H21F3N2S. The van der Waals surface area contributed by atoms with Crippen molar-refractivity contribution < 1.29 is 13.2 Å². The molecule has 0 aliphatic heterocycles. The molecule has 0 amide bonds. The van der Waals surface area contributed by atoms with E-state index in [2.05, 4.69) is 36.5 Å². The summed E-state index contributed by atoms with van der Waals surface area (Å²) in [7, 11) is 0. The monoisotopic (exact) mass is 342 g/mol. The van der Waals surface area contributed by atoms with Gasteiger partial charge in [0.1, 0.15) is 5.01 Å². The van der Waals surface area contributed by atoms with E-state index in [1.54, 1.807) is 17.4 Å². The van der Waals surface area contributed by atoms with Gasteiger partial charge in [-0.25, -0.2) is 4.98 Å². The van der Waals surface area contributed by atoms with Crippen LogP contribution in [0.5, 0.6) is 0 Å². The lowest BCUT2D eigenvalue weighted by Crippen LogP contribution is -2.17. The summed E-state index contributed by atoms with van der Waals surface area (Å²) in [6.07, 6.45) is -3.73. The highest BCUT2D eigenvalue weighted by Crippen LogP contribution is 2.29. The summed E-state index contributed by atoms with van der Waals surface area (Å²) in [6.45, 7) is 7.61. The van der Waals surface area contributed by atoms with Crippen LogP contribution in [0.1, 0.15) is 42.6 Å². The second kappa shape index (κ2) is 7.01. The van der Waals surface area contributed by atoms with Crippen molar-refractivity contribution in [3.63, 3.8) is 0 Å². The summed E-state index contributed by atoms with van der Waals surface area (Å²) in [4.78, 5) is 4.58. The van der Waals surface area contributed by atoms with E-state index in [1.165, 1.54) is 12.1 Å². The van der Waals surface area contributed by atoms with Crippen molar-refractivity contribution in [2.24, 2.45) is 0 Å². The largest absolute Gasteiger partial charge is 0.416 e. The first-order valence-corrected chi connectivity index (χ1v) is 8.36. The predicted octanol–water partition coefficient (Wildman–Crippen LogP) is 4.79. The predicted molar refractivity (Wildman–Crippen MR) is 87.7 cm³/mol. The summed E-state index contributed by atoms with van der Waals surface area (Å²) in [5, 5.41) is 6.30. The molecule has 1 N–H and O–H groups in total. The van der Waals surface area contributed by atoms with E-state index in [0.29, 0.717) is 25.1 Å². The molecule has 0 aliphatic carbocycles. The Labute approximate surface area is 138 Å². The summed E-state index contributed by atoms with van der Waals surface area (Å²) in [6, 6.07) is 5.48. The molecular weight excluding hydrogens is 321 g/mol. The number of nitrogens with one attached hydrogen (secondary N) is 1. The summed E-state index contributed by atoms with van der Waals surface area (Å²) in [5.74, 6) is 0. The van der Waals surface area contributed by atoms with E-state index < -0.39 is 11.7 Å². The molecule has 1 aromatic heterocycles. The lowest BCUT2D eigenvalue weighted by atomic mass is 9.93. The molecule has 0 spiro atoms. The van der Waals surface area contributed by atoms with Crippen molar-refractivity contribution in [1.82, 2.24) is 10.3 Å². The van der Waals surface area contributed by atoms with Crippen molar-refractivity contribution in [2.75, 3.05) is 6.54 Å². The Hall–Kier alpha value is -1.40. The first kappa shape index (κ1) is 17.9. The Morgan fingerprint density at radius 2 is 1.91 bits per heavy atom. The van der Waals surface area contributed by atoms with Crippen LogP contribution in [0.3, 0.4) is 0 Å². The molecule has 0 unspecified atom stereocenters. The van der Waals surface area contributed by atoms with E-state index >= 15 is 0 Å². The Kier molecular flexibility index (Phi) is 5.47. The highest BCUT2D eigenvalue weighted by atomic mass is 32.1. The minimum atomic E-state index is -4.28. The number of hydrogen-bond donors (Lipinski definition) is 1. The van der Waals surface area contributed by atoms with Crippen molar-refractivity contribution in [3.05, 3.63) is 51.5 Å². The van der Waals surface area contributed by atoms with Crippen LogP contribution in [0.2, 0.25) is 0 Å². The van der Waals surface area contributed by atoms with Crippen LogP contribution in [0.4, 0.5) is 13.2 Å². The highest BCUT2D eigenvalue weighted by Gasteiger charge is 2.30. The van der Waals surface area contributed by atoms with Gasteiger partial charge in [-0.15, -0.1) is 11.3 Å². The fourth-order valence-electron chi connectivity index (χ4n) is 2.07. The van der Waals surface area contributed by atoms with E-state index in [4.69, 9.17) is 0 Å². The van der Waals surface area contributed by atoms with Gasteiger partial charge in [0.25, 0.3) is 0 Å². The molecule has 6 heteroatoms. The van der Waals surface area contributed by atoms with Crippen LogP contribution in [-0.4, -0.2) is 11.5 Å². The fourth-order valence-corrected chi connectivity index (χ4v) is 3.06. The second-order valence-corrected chi connectivity index (χ2v) is 7.44. The minimum Gasteiger partial charge on any atom is -0.310 e. The van der Waals surface area contributed by atoms with Gasteiger partial charge in [-0.05, 0) is 24.6 Å². The molecule has 0 radical (unpaired) electrons. The minimum absolute atomic E-state index is 0.0345. The third kappa shape index (κ3) is 5.32. The average Bonchev–Trinajstić information content (AvgIpc) is 2.92. The summed E-state index contributed by atoms with van der Waals surface area (Å²) < 4.78 is 38.0. The molecule has 1 heterocycles. The lowest BCUT2D eigenvalue weighted by molar-refractivity contribution is -0.137. The molecule has 2 nitrogen and oxygen atoms in total. The van der Waals surface area contributed by atoms with E-state index in [9.17, 15) is 13.2 Å². The molecule has 126 valence electrons. The van der Waals surface area contributed by atoms with Crippen LogP contribution < -0.4 is 5.32 Å². The first-order valence-electron chi connectivity index (χ1n) is 7.48. The van der Waals surface area contributed by atoms with Gasteiger partial charge < -0.3 is 5.32 Å². The molecule has 0 bridgehead atoms. The average molecular weight is 342 g/mol. The van der Waals surface area contributed by atoms with Gasteiger partial charge in [-0.3, -0.25) is 0 Å². The van der Waals surface area contributed by atoms with Crippen molar-refractivity contribution in [3.8, 4) is 0 Å². The molecule has 0 saturated heterocycles. The molecule has 0 aliphatic rings. The third-order valence-corrected chi connectivity index (χ3v) is 4.29. The number of benzene rings is 1. The normalized spacial score (nSPS) is 12.6. The van der Waals surface area contributed by atoms with Crippen molar-refractivity contribution in [1.29, 1.82) is 0 Å². The zero-order valence-corrected chi connectivity index (χ0v) is 14.3. The Morgan fingerprint density at radius 3 is 2.52 bits per heavy atom. The maximum absolute atomic E-state index is 12.7. The quantitative estimate of drug-likeness (QED) is 0.790. The number of rotatable bonds is 5. The van der Waals surface area contributed by atoms with Gasteiger partial charge in [-0.2, -0.15) is 13.2 Å². The van der Waals surface area contributed by atoms with Crippen LogP contribution in [0.15, 0.2) is 29.6 Å². The van der Waals surface area contributed by atoms with Gasteiger partial charge >= 0.3 is 6.18 Å². The standard InChI is InChI=1S/C17H21F3N2S/c1-16(2,3)14-11-23-15(22-14)10-21-8-7-12-5-4-6-13(9-12)17(18,19)20/h4-6,9,11,21H,7-8,10H2,1-3H3. The molecule has 0 fully saturated rings. The zero-order chi connectivity index (χ0) is 17.1. The van der Waals surface area contributed by atoms with Crippen LogP contribution in [-0.2, 0) is 24.6 Å². The smallest absolute Gasteiger partial charge is 0.310 e. The maximum atomic E-state index is 12.7. The first-order chi connectivity index (χ1) is 10.7. The number of hydrogen-bond acceptors (Lipinski definition) is 3. The van der Waals surface area contributed by atoms with Gasteiger partial charge in [0.05, 0.1) is 11.3 Å². The zero-order valence-electron chi connectivity index (χ0n) is 13.5. The van der Waals surface area contributed by atoms with Crippen LogP contribution in [0.25, 0.3) is 0 Å². The Morgan fingerprint density at radius 1 is 1.17 bits per heavy atom. The number of halogens is 3.